The van der Waals surface area contributed by atoms with Crippen molar-refractivity contribution in [2.45, 2.75) is 27.7 Å². The van der Waals surface area contributed by atoms with Crippen LogP contribution in [0.2, 0.25) is 0 Å². The maximum Gasteiger partial charge on any atom is 0.315 e. The molecular weight excluding hydrogens is 522 g/mol. The van der Waals surface area contributed by atoms with E-state index in [1.54, 1.807) is 7.11 Å². The van der Waals surface area contributed by atoms with Gasteiger partial charge in [0.25, 0.3) is 0 Å². The van der Waals surface area contributed by atoms with E-state index in [1.807, 2.05) is 113 Å². The van der Waals surface area contributed by atoms with Crippen molar-refractivity contribution in [3.05, 3.63) is 125 Å². The molecule has 0 bridgehead atoms. The Labute approximate surface area is 247 Å². The molecule has 1 aliphatic carbocycles. The molecule has 0 heterocycles. The molecule has 0 radical (unpaired) electrons. The lowest BCUT2D eigenvalue weighted by Crippen LogP contribution is -2.42. The van der Waals surface area contributed by atoms with Gasteiger partial charge in [-0.2, -0.15) is 0 Å². The summed E-state index contributed by atoms with van der Waals surface area (Å²) < 4.78 is 10.5. The number of rotatable bonds is 8. The lowest BCUT2D eigenvalue weighted by Gasteiger charge is -2.39. The molecule has 0 aliphatic heterocycles. The highest BCUT2D eigenvalue weighted by Crippen LogP contribution is 2.48. The zero-order valence-corrected chi connectivity index (χ0v) is 24.9. The van der Waals surface area contributed by atoms with Gasteiger partial charge >= 0.3 is 5.97 Å². The van der Waals surface area contributed by atoms with Crippen LogP contribution in [0.15, 0.2) is 119 Å². The third-order valence-corrected chi connectivity index (χ3v) is 8.05. The zero-order valence-electron chi connectivity index (χ0n) is 24.9. The van der Waals surface area contributed by atoms with Gasteiger partial charge in [-0.05, 0) is 85.5 Å². The van der Waals surface area contributed by atoms with E-state index in [0.29, 0.717) is 17.0 Å². The number of fused-ring (bicyclic) bond motifs is 1. The van der Waals surface area contributed by atoms with Crippen LogP contribution in [-0.4, -0.2) is 31.7 Å². The number of Topliss-reactive ketones (excluding diaryl/α,β-unsaturated/α-hetero) is 1. The molecule has 0 fully saturated rings. The van der Waals surface area contributed by atoms with Crippen molar-refractivity contribution in [2.24, 2.45) is 15.8 Å². The summed E-state index contributed by atoms with van der Waals surface area (Å²) in [5.74, 6) is 0.366. The highest BCUT2D eigenvalue weighted by atomic mass is 16.5. The number of benzene rings is 4. The summed E-state index contributed by atoms with van der Waals surface area (Å²) in [6.07, 6.45) is 1.99. The third kappa shape index (κ3) is 5.18. The Balaban J connectivity index is 1.79. The molecule has 0 aromatic heterocycles. The molecule has 0 spiro atoms. The molecule has 5 heteroatoms. The van der Waals surface area contributed by atoms with Crippen molar-refractivity contribution < 1.29 is 19.1 Å². The van der Waals surface area contributed by atoms with E-state index >= 15 is 0 Å². The van der Waals surface area contributed by atoms with Crippen LogP contribution in [0.3, 0.4) is 0 Å². The Morgan fingerprint density at radius 1 is 0.810 bits per heavy atom. The van der Waals surface area contributed by atoms with Crippen LogP contribution in [0.5, 0.6) is 5.75 Å². The Morgan fingerprint density at radius 2 is 1.45 bits per heavy atom. The topological polar surface area (TPSA) is 65.0 Å². The normalized spacial score (nSPS) is 15.4. The molecule has 0 N–H and O–H groups in total. The van der Waals surface area contributed by atoms with Crippen LogP contribution in [0.25, 0.3) is 16.3 Å². The molecule has 0 unspecified atom stereocenters. The zero-order chi connectivity index (χ0) is 30.1. The second kappa shape index (κ2) is 11.2. The molecule has 212 valence electrons. The van der Waals surface area contributed by atoms with Crippen molar-refractivity contribution in [3.63, 3.8) is 0 Å². The van der Waals surface area contributed by atoms with E-state index in [9.17, 15) is 9.59 Å². The Hall–Kier alpha value is -4.77. The molecule has 4 aromatic carbocycles. The largest absolute Gasteiger partial charge is 0.497 e. The summed E-state index contributed by atoms with van der Waals surface area (Å²) in [6.45, 7) is 7.54. The van der Waals surface area contributed by atoms with Crippen LogP contribution in [0, 0.1) is 10.8 Å². The maximum absolute atomic E-state index is 13.9. The first-order valence-corrected chi connectivity index (χ1v) is 14.0. The number of ether oxygens (including phenoxy) is 2. The minimum absolute atomic E-state index is 0.00236. The summed E-state index contributed by atoms with van der Waals surface area (Å²) in [5.41, 5.74) is 3.39. The highest BCUT2D eigenvalue weighted by molar-refractivity contribution is 6.36. The SMILES string of the molecule is COC(=O)C(C)(C)/C(=C/C1=C(C(=Nc2ccc(OC)cc2)c2ccc3ccccc3c2)C(=O)C1(C)C)c1ccccc1. The van der Waals surface area contributed by atoms with Gasteiger partial charge in [-0.25, -0.2) is 4.99 Å². The van der Waals surface area contributed by atoms with Crippen molar-refractivity contribution in [3.8, 4) is 5.75 Å². The standard InChI is InChI=1S/C37H35NO4/c1-36(2)31(23-30(25-13-8-7-9-14-25)37(3,4)35(40)42-6)32(34(36)39)33(38-28-18-20-29(41-5)21-19-28)27-17-16-24-12-10-11-15-26(24)22-27/h7-23H,1-6H3/b30-23+,38-33?. The third-order valence-electron chi connectivity index (χ3n) is 8.05. The molecule has 0 saturated carbocycles. The van der Waals surface area contributed by atoms with Gasteiger partial charge in [0.05, 0.1) is 36.4 Å². The molecule has 0 amide bonds. The summed E-state index contributed by atoms with van der Waals surface area (Å²) in [7, 11) is 3.02. The molecule has 0 atom stereocenters. The highest BCUT2D eigenvalue weighted by Gasteiger charge is 2.48. The van der Waals surface area contributed by atoms with Crippen LogP contribution in [0.4, 0.5) is 5.69 Å². The van der Waals surface area contributed by atoms with Gasteiger partial charge in [0.1, 0.15) is 5.75 Å². The number of carbonyl (C=O) groups is 2. The van der Waals surface area contributed by atoms with Gasteiger partial charge in [0, 0.05) is 11.1 Å². The fourth-order valence-electron chi connectivity index (χ4n) is 5.43. The first kappa shape index (κ1) is 28.7. The van der Waals surface area contributed by atoms with Crippen LogP contribution in [0.1, 0.15) is 38.8 Å². The predicted octanol–water partition coefficient (Wildman–Crippen LogP) is 8.16. The second-order valence-corrected chi connectivity index (χ2v) is 11.5. The smallest absolute Gasteiger partial charge is 0.315 e. The summed E-state index contributed by atoms with van der Waals surface area (Å²) in [6, 6.07) is 31.5. The Kier molecular flexibility index (Phi) is 7.70. The van der Waals surface area contributed by atoms with Gasteiger partial charge in [0.2, 0.25) is 0 Å². The molecule has 5 rings (SSSR count). The average molecular weight is 558 g/mol. The number of aliphatic imine (C=N–C) groups is 1. The molecule has 5 nitrogen and oxygen atoms in total. The van der Waals surface area contributed by atoms with Gasteiger partial charge in [0.15, 0.2) is 5.78 Å². The van der Waals surface area contributed by atoms with E-state index in [1.165, 1.54) is 7.11 Å². The number of hydrogen-bond acceptors (Lipinski definition) is 5. The molecule has 1 aliphatic rings. The molecule has 0 saturated heterocycles. The molecular formula is C37H35NO4. The Bertz CT molecular complexity index is 1760. The van der Waals surface area contributed by atoms with Gasteiger partial charge in [-0.15, -0.1) is 0 Å². The number of nitrogens with zero attached hydrogens (tertiary/aromatic N) is 1. The second-order valence-electron chi connectivity index (χ2n) is 11.5. The number of esters is 1. The average Bonchev–Trinajstić information content (AvgIpc) is 3.01. The van der Waals surface area contributed by atoms with Gasteiger partial charge < -0.3 is 9.47 Å². The number of allylic oxidation sites excluding steroid dienone is 3. The van der Waals surface area contributed by atoms with E-state index in [4.69, 9.17) is 14.5 Å². The fourth-order valence-corrected chi connectivity index (χ4v) is 5.43. The first-order chi connectivity index (χ1) is 20.1. The van der Waals surface area contributed by atoms with E-state index < -0.39 is 10.8 Å². The number of ketones is 1. The number of methoxy groups -OCH3 is 2. The van der Waals surface area contributed by atoms with Crippen molar-refractivity contribution >= 4 is 39.5 Å². The van der Waals surface area contributed by atoms with Crippen molar-refractivity contribution in [1.29, 1.82) is 0 Å². The minimum Gasteiger partial charge on any atom is -0.497 e. The lowest BCUT2D eigenvalue weighted by atomic mass is 9.61. The van der Waals surface area contributed by atoms with Gasteiger partial charge in [-0.3, -0.25) is 9.59 Å². The van der Waals surface area contributed by atoms with Crippen molar-refractivity contribution in [2.75, 3.05) is 14.2 Å². The van der Waals surface area contributed by atoms with Crippen LogP contribution >= 0.6 is 0 Å². The quantitative estimate of drug-likeness (QED) is 0.162. The molecule has 42 heavy (non-hydrogen) atoms. The molecule has 4 aromatic rings. The van der Waals surface area contributed by atoms with E-state index in [2.05, 4.69) is 18.2 Å². The summed E-state index contributed by atoms with van der Waals surface area (Å²) in [4.78, 5) is 32.0. The monoisotopic (exact) mass is 557 g/mol. The first-order valence-electron chi connectivity index (χ1n) is 14.0. The number of hydrogen-bond donors (Lipinski definition) is 0. The fraction of sp³-hybridized carbons (Fsp3) is 0.216. The maximum atomic E-state index is 13.9. The Morgan fingerprint density at radius 3 is 2.10 bits per heavy atom. The van der Waals surface area contributed by atoms with Crippen molar-refractivity contribution in [1.82, 2.24) is 0 Å². The van der Waals surface area contributed by atoms with Crippen LogP contribution in [-0.2, 0) is 14.3 Å². The predicted molar refractivity (Wildman–Crippen MR) is 169 cm³/mol. The minimum atomic E-state index is -0.973. The number of carbonyl (C=O) groups excluding carboxylic acids is 2. The summed E-state index contributed by atoms with van der Waals surface area (Å²) >= 11 is 0. The summed E-state index contributed by atoms with van der Waals surface area (Å²) in [5, 5.41) is 2.16. The van der Waals surface area contributed by atoms with E-state index in [0.717, 1.165) is 38.8 Å². The van der Waals surface area contributed by atoms with Crippen LogP contribution < -0.4 is 4.74 Å². The van der Waals surface area contributed by atoms with E-state index in [-0.39, 0.29) is 11.8 Å². The van der Waals surface area contributed by atoms with Gasteiger partial charge in [-0.1, -0.05) is 72.8 Å². The lowest BCUT2D eigenvalue weighted by molar-refractivity contribution is -0.147.